The molecule has 1 aliphatic rings. The van der Waals surface area contributed by atoms with Crippen LogP contribution in [-0.2, 0) is 13.1 Å². The van der Waals surface area contributed by atoms with E-state index in [0.29, 0.717) is 13.1 Å². The smallest absolute Gasteiger partial charge is 0.271 e. The van der Waals surface area contributed by atoms with Crippen LogP contribution in [0.3, 0.4) is 0 Å². The summed E-state index contributed by atoms with van der Waals surface area (Å²) in [7, 11) is 0. The lowest BCUT2D eigenvalue weighted by atomic mass is 10.1. The van der Waals surface area contributed by atoms with Crippen molar-refractivity contribution in [3.8, 4) is 0 Å². The highest BCUT2D eigenvalue weighted by atomic mass is 16.2. The normalized spacial score (nSPS) is 18.5. The lowest BCUT2D eigenvalue weighted by Crippen LogP contribution is -2.50. The third kappa shape index (κ3) is 2.15. The monoisotopic (exact) mass is 255 g/mol. The Bertz CT molecular complexity index is 576. The van der Waals surface area contributed by atoms with E-state index in [1.807, 2.05) is 58.1 Å². The minimum atomic E-state index is 0.0626. The number of amides is 1. The van der Waals surface area contributed by atoms with Crippen molar-refractivity contribution in [1.29, 1.82) is 0 Å². The molecule has 0 saturated heterocycles. The molecule has 3 rings (SSSR count). The first kappa shape index (κ1) is 12.0. The van der Waals surface area contributed by atoms with Crippen molar-refractivity contribution in [2.75, 3.05) is 6.54 Å². The summed E-state index contributed by atoms with van der Waals surface area (Å²) in [4.78, 5) is 14.4. The van der Waals surface area contributed by atoms with Gasteiger partial charge >= 0.3 is 0 Å². The maximum atomic E-state index is 12.5. The number of benzene rings is 1. The molecule has 0 aliphatic carbocycles. The molecule has 19 heavy (non-hydrogen) atoms. The molecule has 0 bridgehead atoms. The molecule has 1 aromatic heterocycles. The predicted octanol–water partition coefficient (Wildman–Crippen LogP) is 1.47. The Morgan fingerprint density at radius 3 is 2.68 bits per heavy atom. The minimum Gasteiger partial charge on any atom is -0.341 e. The van der Waals surface area contributed by atoms with E-state index in [0.717, 1.165) is 17.8 Å². The van der Waals surface area contributed by atoms with E-state index in [-0.39, 0.29) is 11.9 Å². The molecule has 2 aromatic rings. The van der Waals surface area contributed by atoms with Gasteiger partial charge in [-0.1, -0.05) is 30.3 Å². The molecule has 98 valence electrons. The van der Waals surface area contributed by atoms with Crippen molar-refractivity contribution in [1.82, 2.24) is 9.47 Å². The quantitative estimate of drug-likeness (QED) is 0.903. The summed E-state index contributed by atoms with van der Waals surface area (Å²) >= 11 is 0. The third-order valence-electron chi connectivity index (χ3n) is 3.63. The van der Waals surface area contributed by atoms with Crippen molar-refractivity contribution in [3.05, 3.63) is 59.9 Å². The summed E-state index contributed by atoms with van der Waals surface area (Å²) in [6.45, 7) is 1.88. The van der Waals surface area contributed by atoms with E-state index in [1.165, 1.54) is 0 Å². The molecule has 1 aromatic carbocycles. The standard InChI is InChI=1S/C15H17N3O/c16-9-13-11-17-8-4-7-14(17)15(19)18(13)10-12-5-2-1-3-6-12/h1-8,13H,9-11,16H2/t13-/m0/s1. The molecule has 4 nitrogen and oxygen atoms in total. The van der Waals surface area contributed by atoms with Crippen molar-refractivity contribution in [2.24, 2.45) is 5.73 Å². The summed E-state index contributed by atoms with van der Waals surface area (Å²) < 4.78 is 1.99. The van der Waals surface area contributed by atoms with Crippen LogP contribution in [0.15, 0.2) is 48.7 Å². The fourth-order valence-corrected chi connectivity index (χ4v) is 2.59. The zero-order valence-corrected chi connectivity index (χ0v) is 10.7. The molecule has 0 fully saturated rings. The molecule has 1 aliphatic heterocycles. The average molecular weight is 255 g/mol. The average Bonchev–Trinajstić information content (AvgIpc) is 2.91. The highest BCUT2D eigenvalue weighted by molar-refractivity contribution is 5.93. The second-order valence-corrected chi connectivity index (χ2v) is 4.85. The van der Waals surface area contributed by atoms with Gasteiger partial charge in [0.15, 0.2) is 0 Å². The van der Waals surface area contributed by atoms with Crippen LogP contribution in [0.1, 0.15) is 16.1 Å². The van der Waals surface area contributed by atoms with Crippen molar-refractivity contribution >= 4 is 5.91 Å². The molecular formula is C15H17N3O. The molecule has 1 amide bonds. The van der Waals surface area contributed by atoms with Crippen LogP contribution in [-0.4, -0.2) is 28.0 Å². The number of hydrogen-bond donors (Lipinski definition) is 1. The third-order valence-corrected chi connectivity index (χ3v) is 3.63. The Hall–Kier alpha value is -2.07. The Morgan fingerprint density at radius 2 is 1.95 bits per heavy atom. The van der Waals surface area contributed by atoms with Gasteiger partial charge in [-0.3, -0.25) is 4.79 Å². The maximum Gasteiger partial charge on any atom is 0.271 e. The van der Waals surface area contributed by atoms with E-state index >= 15 is 0 Å². The van der Waals surface area contributed by atoms with Gasteiger partial charge in [0.2, 0.25) is 0 Å². The highest BCUT2D eigenvalue weighted by Gasteiger charge is 2.31. The number of hydrogen-bond acceptors (Lipinski definition) is 2. The molecular weight excluding hydrogens is 238 g/mol. The molecule has 4 heteroatoms. The Kier molecular flexibility index (Phi) is 3.09. The molecule has 0 saturated carbocycles. The summed E-state index contributed by atoms with van der Waals surface area (Å²) in [6.07, 6.45) is 1.94. The Balaban J connectivity index is 1.89. The van der Waals surface area contributed by atoms with Crippen LogP contribution >= 0.6 is 0 Å². The number of nitrogens with two attached hydrogens (primary N) is 1. The lowest BCUT2D eigenvalue weighted by molar-refractivity contribution is 0.0583. The van der Waals surface area contributed by atoms with Gasteiger partial charge in [0.25, 0.3) is 5.91 Å². The highest BCUT2D eigenvalue weighted by Crippen LogP contribution is 2.20. The van der Waals surface area contributed by atoms with Gasteiger partial charge in [0, 0.05) is 25.8 Å². The van der Waals surface area contributed by atoms with Crippen molar-refractivity contribution in [2.45, 2.75) is 19.1 Å². The van der Waals surface area contributed by atoms with E-state index < -0.39 is 0 Å². The SMILES string of the molecule is NC[C@H]1Cn2cccc2C(=O)N1Cc1ccccc1. The molecule has 2 heterocycles. The molecule has 0 unspecified atom stereocenters. The molecule has 0 spiro atoms. The van der Waals surface area contributed by atoms with Crippen LogP contribution in [0.2, 0.25) is 0 Å². The van der Waals surface area contributed by atoms with Crippen LogP contribution in [0, 0.1) is 0 Å². The second kappa shape index (κ2) is 4.90. The van der Waals surface area contributed by atoms with Gasteiger partial charge in [-0.2, -0.15) is 0 Å². The van der Waals surface area contributed by atoms with Gasteiger partial charge in [0.1, 0.15) is 5.69 Å². The topological polar surface area (TPSA) is 51.3 Å². The van der Waals surface area contributed by atoms with Gasteiger partial charge < -0.3 is 15.2 Å². The first-order valence-electron chi connectivity index (χ1n) is 6.49. The second-order valence-electron chi connectivity index (χ2n) is 4.85. The number of fused-ring (bicyclic) bond motifs is 1. The fourth-order valence-electron chi connectivity index (χ4n) is 2.59. The Morgan fingerprint density at radius 1 is 1.16 bits per heavy atom. The van der Waals surface area contributed by atoms with E-state index in [2.05, 4.69) is 0 Å². The fraction of sp³-hybridized carbons (Fsp3) is 0.267. The first-order chi connectivity index (χ1) is 9.29. The largest absolute Gasteiger partial charge is 0.341 e. The summed E-state index contributed by atoms with van der Waals surface area (Å²) in [5, 5.41) is 0. The number of rotatable bonds is 3. The van der Waals surface area contributed by atoms with Crippen molar-refractivity contribution < 1.29 is 4.79 Å². The van der Waals surface area contributed by atoms with Crippen molar-refractivity contribution in [3.63, 3.8) is 0 Å². The van der Waals surface area contributed by atoms with Gasteiger partial charge in [-0.05, 0) is 17.7 Å². The number of nitrogens with zero attached hydrogens (tertiary/aromatic N) is 2. The zero-order chi connectivity index (χ0) is 13.2. The van der Waals surface area contributed by atoms with E-state index in [1.54, 1.807) is 0 Å². The molecule has 2 N–H and O–H groups in total. The summed E-state index contributed by atoms with van der Waals surface area (Å²) in [5.74, 6) is 0.0653. The molecule has 0 radical (unpaired) electrons. The number of carbonyl (C=O) groups is 1. The zero-order valence-electron chi connectivity index (χ0n) is 10.7. The summed E-state index contributed by atoms with van der Waals surface area (Å²) in [6, 6.07) is 13.9. The van der Waals surface area contributed by atoms with Gasteiger partial charge in [-0.25, -0.2) is 0 Å². The van der Waals surface area contributed by atoms with Gasteiger partial charge in [-0.15, -0.1) is 0 Å². The predicted molar refractivity (Wildman–Crippen MR) is 73.6 cm³/mol. The van der Waals surface area contributed by atoms with Gasteiger partial charge in [0.05, 0.1) is 6.04 Å². The lowest BCUT2D eigenvalue weighted by Gasteiger charge is -2.36. The first-order valence-corrected chi connectivity index (χ1v) is 6.49. The number of aromatic nitrogens is 1. The van der Waals surface area contributed by atoms with Crippen LogP contribution in [0.5, 0.6) is 0 Å². The van der Waals surface area contributed by atoms with Crippen LogP contribution in [0.4, 0.5) is 0 Å². The van der Waals surface area contributed by atoms with E-state index in [4.69, 9.17) is 5.73 Å². The minimum absolute atomic E-state index is 0.0626. The maximum absolute atomic E-state index is 12.5. The van der Waals surface area contributed by atoms with Crippen LogP contribution in [0.25, 0.3) is 0 Å². The summed E-state index contributed by atoms with van der Waals surface area (Å²) in [5.41, 5.74) is 7.71. The molecule has 1 atom stereocenters. The van der Waals surface area contributed by atoms with Crippen LogP contribution < -0.4 is 5.73 Å². The van der Waals surface area contributed by atoms with E-state index in [9.17, 15) is 4.79 Å². The Labute approximate surface area is 112 Å². The number of carbonyl (C=O) groups excluding carboxylic acids is 1.